The van der Waals surface area contributed by atoms with Crippen LogP contribution in [-0.4, -0.2) is 58.6 Å². The molecule has 7 nitrogen and oxygen atoms in total. The number of hydrogen-bond donors (Lipinski definition) is 2. The average Bonchev–Trinajstić information content (AvgIpc) is 2.79. The van der Waals surface area contributed by atoms with Gasteiger partial charge < -0.3 is 15.5 Å². The first-order valence-electron chi connectivity index (χ1n) is 10.4. The number of rotatable bonds is 11. The van der Waals surface area contributed by atoms with Crippen molar-refractivity contribution in [2.75, 3.05) is 55.2 Å². The van der Waals surface area contributed by atoms with E-state index in [-0.39, 0.29) is 11.4 Å². The number of anilines is 3. The molecule has 0 atom stereocenters. The molecule has 0 unspecified atom stereocenters. The molecule has 0 spiro atoms. The summed E-state index contributed by atoms with van der Waals surface area (Å²) >= 11 is 11.9. The zero-order valence-corrected chi connectivity index (χ0v) is 20.8. The fraction of sp³-hybridized carbons (Fsp3) is 0.261. The number of halogens is 2. The molecule has 1 heterocycles. The summed E-state index contributed by atoms with van der Waals surface area (Å²) in [6.07, 6.45) is 1.64. The molecule has 0 saturated heterocycles. The van der Waals surface area contributed by atoms with Crippen molar-refractivity contribution in [1.29, 1.82) is 0 Å². The van der Waals surface area contributed by atoms with Gasteiger partial charge in [-0.15, -0.1) is 0 Å². The molecule has 0 saturated carbocycles. The number of nitrogens with zero attached hydrogens (tertiary/aromatic N) is 3. The van der Waals surface area contributed by atoms with Crippen molar-refractivity contribution in [3.63, 3.8) is 0 Å². The number of nitrogens with one attached hydrogen (secondary N) is 2. The highest BCUT2D eigenvalue weighted by atomic mass is 35.5. The highest BCUT2D eigenvalue weighted by molar-refractivity contribution is 7.92. The van der Waals surface area contributed by atoms with Crippen LogP contribution in [0.3, 0.4) is 0 Å². The number of hydrogen-bond acceptors (Lipinski definition) is 6. The first-order valence-corrected chi connectivity index (χ1v) is 12.6. The van der Waals surface area contributed by atoms with Crippen molar-refractivity contribution in [3.8, 4) is 0 Å². The summed E-state index contributed by atoms with van der Waals surface area (Å²) in [5.74, 6) is 0.492. The van der Waals surface area contributed by atoms with Crippen LogP contribution in [0.1, 0.15) is 0 Å². The topological polar surface area (TPSA) is 77.6 Å². The van der Waals surface area contributed by atoms with Crippen LogP contribution in [-0.2, 0) is 10.0 Å². The number of benzene rings is 2. The van der Waals surface area contributed by atoms with Crippen molar-refractivity contribution in [2.24, 2.45) is 0 Å². The summed E-state index contributed by atoms with van der Waals surface area (Å²) in [7, 11) is -0.0254. The molecule has 33 heavy (non-hydrogen) atoms. The van der Waals surface area contributed by atoms with E-state index < -0.39 is 10.0 Å². The predicted molar refractivity (Wildman–Crippen MR) is 137 cm³/mol. The minimum Gasteiger partial charge on any atom is -0.383 e. The van der Waals surface area contributed by atoms with Crippen LogP contribution >= 0.6 is 23.2 Å². The second-order valence-electron chi connectivity index (χ2n) is 7.57. The Balaban J connectivity index is 1.80. The largest absolute Gasteiger partial charge is 0.383 e. The van der Waals surface area contributed by atoms with Gasteiger partial charge in [-0.05, 0) is 74.8 Å². The van der Waals surface area contributed by atoms with Gasteiger partial charge in [0.05, 0.1) is 10.6 Å². The lowest BCUT2D eigenvalue weighted by Crippen LogP contribution is -2.37. The van der Waals surface area contributed by atoms with Crippen LogP contribution in [0.25, 0.3) is 0 Å². The lowest BCUT2D eigenvalue weighted by Gasteiger charge is -2.27. The molecule has 0 fully saturated rings. The predicted octanol–water partition coefficient (Wildman–Crippen LogP) is 4.67. The van der Waals surface area contributed by atoms with Gasteiger partial charge in [0.1, 0.15) is 0 Å². The molecule has 0 aliphatic carbocycles. The van der Waals surface area contributed by atoms with Crippen LogP contribution in [0.5, 0.6) is 0 Å². The van der Waals surface area contributed by atoms with E-state index in [0.717, 1.165) is 5.69 Å². The highest BCUT2D eigenvalue weighted by Crippen LogP contribution is 2.29. The molecule has 0 aliphatic rings. The maximum absolute atomic E-state index is 13.5. The third-order valence-corrected chi connectivity index (χ3v) is 7.13. The maximum Gasteiger partial charge on any atom is 0.264 e. The van der Waals surface area contributed by atoms with Crippen molar-refractivity contribution in [1.82, 2.24) is 9.88 Å². The standard InChI is InChI=1S/C23H27Cl2N5O2S/c1-29(2)16-17-30(33(31,32)21-11-7-19(25)8-12-21)22-4-3-13-27-23(22)28-15-14-26-20-9-5-18(24)6-10-20/h3-13,26H,14-17H2,1-2H3,(H,27,28). The molecule has 1 aromatic heterocycles. The zero-order chi connectivity index (χ0) is 23.8. The molecule has 3 rings (SSSR count). The van der Waals surface area contributed by atoms with Crippen molar-refractivity contribution in [2.45, 2.75) is 4.90 Å². The van der Waals surface area contributed by atoms with E-state index in [0.29, 0.717) is 41.2 Å². The lowest BCUT2D eigenvalue weighted by atomic mass is 10.3. The zero-order valence-electron chi connectivity index (χ0n) is 18.5. The summed E-state index contributed by atoms with van der Waals surface area (Å²) < 4.78 is 28.5. The van der Waals surface area contributed by atoms with Gasteiger partial charge in [-0.25, -0.2) is 13.4 Å². The van der Waals surface area contributed by atoms with Crippen LogP contribution in [0.4, 0.5) is 17.2 Å². The SMILES string of the molecule is CN(C)CCN(c1cccnc1NCCNc1ccc(Cl)cc1)S(=O)(=O)c1ccc(Cl)cc1. The summed E-state index contributed by atoms with van der Waals surface area (Å²) in [5.41, 5.74) is 1.43. The third-order valence-electron chi connectivity index (χ3n) is 4.80. The van der Waals surface area contributed by atoms with Gasteiger partial charge in [0.2, 0.25) is 0 Å². The van der Waals surface area contributed by atoms with Crippen LogP contribution in [0.15, 0.2) is 71.8 Å². The van der Waals surface area contributed by atoms with Crippen LogP contribution in [0, 0.1) is 0 Å². The summed E-state index contributed by atoms with van der Waals surface area (Å²) in [6, 6.07) is 17.1. The van der Waals surface area contributed by atoms with E-state index in [2.05, 4.69) is 15.6 Å². The molecule has 3 aromatic rings. The van der Waals surface area contributed by atoms with E-state index in [1.165, 1.54) is 16.4 Å². The third kappa shape index (κ3) is 6.98. The molecule has 2 aromatic carbocycles. The number of pyridine rings is 1. The molecule has 10 heteroatoms. The second kappa shape index (κ2) is 11.6. The Hall–Kier alpha value is -2.52. The van der Waals surface area contributed by atoms with Gasteiger partial charge >= 0.3 is 0 Å². The quantitative estimate of drug-likeness (QED) is 0.367. The van der Waals surface area contributed by atoms with Gasteiger partial charge in [-0.1, -0.05) is 23.2 Å². The Kier molecular flexibility index (Phi) is 8.80. The minimum absolute atomic E-state index is 0.171. The van der Waals surface area contributed by atoms with Gasteiger partial charge in [-0.3, -0.25) is 4.31 Å². The lowest BCUT2D eigenvalue weighted by molar-refractivity contribution is 0.419. The Morgan fingerprint density at radius 2 is 1.45 bits per heavy atom. The Morgan fingerprint density at radius 1 is 0.848 bits per heavy atom. The molecular formula is C23H27Cl2N5O2S. The monoisotopic (exact) mass is 507 g/mol. The summed E-state index contributed by atoms with van der Waals surface area (Å²) in [6.45, 7) is 1.95. The van der Waals surface area contributed by atoms with Gasteiger partial charge in [0, 0.05) is 48.1 Å². The number of likely N-dealkylation sites (N-methyl/N-ethyl adjacent to an activating group) is 1. The average molecular weight is 508 g/mol. The highest BCUT2D eigenvalue weighted by Gasteiger charge is 2.27. The fourth-order valence-corrected chi connectivity index (χ4v) is 4.80. The molecule has 2 N–H and O–H groups in total. The maximum atomic E-state index is 13.5. The van der Waals surface area contributed by atoms with Crippen molar-refractivity contribution >= 4 is 50.4 Å². The summed E-state index contributed by atoms with van der Waals surface area (Å²) in [4.78, 5) is 6.51. The van der Waals surface area contributed by atoms with E-state index in [4.69, 9.17) is 23.2 Å². The normalized spacial score (nSPS) is 11.4. The number of aromatic nitrogens is 1. The van der Waals surface area contributed by atoms with E-state index >= 15 is 0 Å². The van der Waals surface area contributed by atoms with Crippen LogP contribution in [0.2, 0.25) is 10.0 Å². The van der Waals surface area contributed by atoms with E-state index in [9.17, 15) is 8.42 Å². The Labute approximate surface area is 205 Å². The second-order valence-corrected chi connectivity index (χ2v) is 10.3. The molecular weight excluding hydrogens is 481 g/mol. The molecule has 0 radical (unpaired) electrons. The van der Waals surface area contributed by atoms with Gasteiger partial charge in [0.25, 0.3) is 10.0 Å². The molecule has 0 aliphatic heterocycles. The molecule has 0 bridgehead atoms. The first kappa shape index (κ1) is 25.1. The molecule has 0 amide bonds. The Bertz CT molecular complexity index is 1140. The van der Waals surface area contributed by atoms with E-state index in [1.54, 1.807) is 30.5 Å². The van der Waals surface area contributed by atoms with Gasteiger partial charge in [-0.2, -0.15) is 0 Å². The Morgan fingerprint density at radius 3 is 2.09 bits per heavy atom. The van der Waals surface area contributed by atoms with E-state index in [1.807, 2.05) is 43.3 Å². The first-order chi connectivity index (χ1) is 15.8. The molecule has 176 valence electrons. The fourth-order valence-electron chi connectivity index (χ4n) is 3.08. The summed E-state index contributed by atoms with van der Waals surface area (Å²) in [5, 5.41) is 7.70. The smallest absolute Gasteiger partial charge is 0.264 e. The minimum atomic E-state index is -3.83. The van der Waals surface area contributed by atoms with Crippen LogP contribution < -0.4 is 14.9 Å². The van der Waals surface area contributed by atoms with Crippen molar-refractivity contribution < 1.29 is 8.42 Å². The number of sulfonamides is 1. The van der Waals surface area contributed by atoms with Crippen molar-refractivity contribution in [3.05, 3.63) is 76.9 Å². The van der Waals surface area contributed by atoms with Gasteiger partial charge in [0.15, 0.2) is 5.82 Å².